The van der Waals surface area contributed by atoms with Gasteiger partial charge in [-0.2, -0.15) is 15.1 Å². The Morgan fingerprint density at radius 3 is 2.61 bits per heavy atom. The van der Waals surface area contributed by atoms with E-state index >= 15 is 0 Å². The summed E-state index contributed by atoms with van der Waals surface area (Å²) in [7, 11) is 3.87. The first-order chi connectivity index (χ1) is 8.54. The number of nitrogens with zero attached hydrogens (tertiary/aromatic N) is 4. The molecule has 2 heterocycles. The van der Waals surface area contributed by atoms with Gasteiger partial charge in [-0.15, -0.1) is 0 Å². The van der Waals surface area contributed by atoms with Crippen molar-refractivity contribution in [3.63, 3.8) is 0 Å². The first-order valence-corrected chi connectivity index (χ1v) is 6.16. The van der Waals surface area contributed by atoms with Gasteiger partial charge >= 0.3 is 0 Å². The van der Waals surface area contributed by atoms with Crippen LogP contribution in [0.1, 0.15) is 20.8 Å². The SMILES string of the molecule is CNc1nc(N(C)C(C)C(C)C)c2cn[nH]c2n1. The Hall–Kier alpha value is -1.85. The van der Waals surface area contributed by atoms with E-state index in [1.165, 1.54) is 0 Å². The van der Waals surface area contributed by atoms with Crippen LogP contribution in [0.5, 0.6) is 0 Å². The van der Waals surface area contributed by atoms with Gasteiger partial charge in [0.05, 0.1) is 11.6 Å². The number of fused-ring (bicyclic) bond motifs is 1. The van der Waals surface area contributed by atoms with E-state index in [9.17, 15) is 0 Å². The molecule has 0 aromatic carbocycles. The predicted octanol–water partition coefficient (Wildman–Crippen LogP) is 1.88. The van der Waals surface area contributed by atoms with Gasteiger partial charge in [-0.1, -0.05) is 13.8 Å². The van der Waals surface area contributed by atoms with E-state index in [1.54, 1.807) is 6.20 Å². The van der Waals surface area contributed by atoms with Gasteiger partial charge in [0.15, 0.2) is 5.65 Å². The van der Waals surface area contributed by atoms with Crippen LogP contribution in [0.4, 0.5) is 11.8 Å². The third-order valence-electron chi connectivity index (χ3n) is 3.42. The molecule has 0 aliphatic rings. The molecule has 0 saturated heterocycles. The highest BCUT2D eigenvalue weighted by molar-refractivity contribution is 5.87. The monoisotopic (exact) mass is 248 g/mol. The minimum atomic E-state index is 0.391. The second kappa shape index (κ2) is 4.80. The van der Waals surface area contributed by atoms with E-state index in [2.05, 4.69) is 58.2 Å². The molecule has 18 heavy (non-hydrogen) atoms. The van der Waals surface area contributed by atoms with Gasteiger partial charge in [-0.05, 0) is 12.8 Å². The molecule has 2 aromatic rings. The third kappa shape index (κ3) is 2.10. The number of hydrogen-bond donors (Lipinski definition) is 2. The number of H-pyrrole nitrogens is 1. The average Bonchev–Trinajstić information content (AvgIpc) is 2.83. The minimum Gasteiger partial charge on any atom is -0.357 e. The van der Waals surface area contributed by atoms with Gasteiger partial charge in [0, 0.05) is 20.1 Å². The van der Waals surface area contributed by atoms with Crippen molar-refractivity contribution in [3.05, 3.63) is 6.20 Å². The molecule has 0 aliphatic carbocycles. The summed E-state index contributed by atoms with van der Waals surface area (Å²) < 4.78 is 0. The van der Waals surface area contributed by atoms with Crippen molar-refractivity contribution in [1.29, 1.82) is 0 Å². The number of anilines is 2. The molecule has 0 aliphatic heterocycles. The van der Waals surface area contributed by atoms with Gasteiger partial charge < -0.3 is 10.2 Å². The summed E-state index contributed by atoms with van der Waals surface area (Å²) in [5.74, 6) is 2.05. The van der Waals surface area contributed by atoms with Crippen LogP contribution in [0.2, 0.25) is 0 Å². The fourth-order valence-corrected chi connectivity index (χ4v) is 1.84. The summed E-state index contributed by atoms with van der Waals surface area (Å²) in [5, 5.41) is 10.9. The molecule has 0 spiro atoms. The normalized spacial score (nSPS) is 13.0. The molecular weight excluding hydrogens is 228 g/mol. The maximum absolute atomic E-state index is 4.54. The Balaban J connectivity index is 2.51. The zero-order chi connectivity index (χ0) is 13.3. The summed E-state index contributed by atoms with van der Waals surface area (Å²) in [4.78, 5) is 11.0. The second-order valence-corrected chi connectivity index (χ2v) is 4.85. The third-order valence-corrected chi connectivity index (χ3v) is 3.42. The van der Waals surface area contributed by atoms with Crippen LogP contribution in [0.3, 0.4) is 0 Å². The van der Waals surface area contributed by atoms with E-state index in [0.717, 1.165) is 16.9 Å². The summed E-state index contributed by atoms with van der Waals surface area (Å²) in [6, 6.07) is 0.391. The lowest BCUT2D eigenvalue weighted by Gasteiger charge is -2.29. The molecule has 98 valence electrons. The lowest BCUT2D eigenvalue weighted by molar-refractivity contribution is 0.503. The highest BCUT2D eigenvalue weighted by atomic mass is 15.3. The summed E-state index contributed by atoms with van der Waals surface area (Å²) >= 11 is 0. The molecule has 6 heteroatoms. The molecule has 0 radical (unpaired) electrons. The van der Waals surface area contributed by atoms with E-state index in [4.69, 9.17) is 0 Å². The van der Waals surface area contributed by atoms with Crippen molar-refractivity contribution >= 4 is 22.8 Å². The lowest BCUT2D eigenvalue weighted by Crippen LogP contribution is -2.34. The fourth-order valence-electron chi connectivity index (χ4n) is 1.84. The van der Waals surface area contributed by atoms with Crippen LogP contribution in [0, 0.1) is 5.92 Å². The molecule has 0 saturated carbocycles. The highest BCUT2D eigenvalue weighted by Crippen LogP contribution is 2.25. The van der Waals surface area contributed by atoms with E-state index in [-0.39, 0.29) is 0 Å². The van der Waals surface area contributed by atoms with Crippen molar-refractivity contribution in [2.24, 2.45) is 5.92 Å². The Kier molecular flexibility index (Phi) is 3.36. The van der Waals surface area contributed by atoms with Crippen molar-refractivity contribution in [3.8, 4) is 0 Å². The van der Waals surface area contributed by atoms with Crippen molar-refractivity contribution in [2.45, 2.75) is 26.8 Å². The quantitative estimate of drug-likeness (QED) is 0.864. The Morgan fingerprint density at radius 2 is 2.00 bits per heavy atom. The number of rotatable bonds is 4. The second-order valence-electron chi connectivity index (χ2n) is 4.85. The number of nitrogens with one attached hydrogen (secondary N) is 2. The summed E-state index contributed by atoms with van der Waals surface area (Å²) in [6.45, 7) is 6.60. The fraction of sp³-hybridized carbons (Fsp3) is 0.583. The highest BCUT2D eigenvalue weighted by Gasteiger charge is 2.19. The van der Waals surface area contributed by atoms with Crippen LogP contribution in [-0.2, 0) is 0 Å². The van der Waals surface area contributed by atoms with Crippen molar-refractivity contribution in [1.82, 2.24) is 20.2 Å². The lowest BCUT2D eigenvalue weighted by atomic mass is 10.1. The first kappa shape index (κ1) is 12.6. The van der Waals surface area contributed by atoms with Crippen LogP contribution in [-0.4, -0.2) is 40.3 Å². The minimum absolute atomic E-state index is 0.391. The maximum atomic E-state index is 4.54. The van der Waals surface area contributed by atoms with Crippen LogP contribution in [0.15, 0.2) is 6.20 Å². The van der Waals surface area contributed by atoms with Gasteiger partial charge in [-0.25, -0.2) is 0 Å². The van der Waals surface area contributed by atoms with Crippen LogP contribution >= 0.6 is 0 Å². The van der Waals surface area contributed by atoms with E-state index in [1.807, 2.05) is 7.05 Å². The number of hydrogen-bond acceptors (Lipinski definition) is 5. The van der Waals surface area contributed by atoms with Gasteiger partial charge in [0.1, 0.15) is 5.82 Å². The topological polar surface area (TPSA) is 69.7 Å². The molecule has 0 bridgehead atoms. The first-order valence-electron chi connectivity index (χ1n) is 6.16. The van der Waals surface area contributed by atoms with Crippen molar-refractivity contribution in [2.75, 3.05) is 24.3 Å². The summed E-state index contributed by atoms with van der Waals surface area (Å²) in [6.07, 6.45) is 1.77. The predicted molar refractivity (Wildman–Crippen MR) is 73.9 cm³/mol. The Labute approximate surface area is 107 Å². The van der Waals surface area contributed by atoms with Crippen LogP contribution in [0.25, 0.3) is 11.0 Å². The number of aromatic nitrogens is 4. The van der Waals surface area contributed by atoms with Crippen LogP contribution < -0.4 is 10.2 Å². The molecule has 0 amide bonds. The molecule has 2 rings (SSSR count). The molecule has 1 unspecified atom stereocenters. The largest absolute Gasteiger partial charge is 0.357 e. The standard InChI is InChI=1S/C12H20N6/c1-7(2)8(3)18(5)11-9-6-14-17-10(9)15-12(13-4)16-11/h6-8H,1-5H3,(H2,13,14,15,16,17). The van der Waals surface area contributed by atoms with Gasteiger partial charge in [0.25, 0.3) is 0 Å². The summed E-state index contributed by atoms with van der Waals surface area (Å²) in [5.41, 5.74) is 0.757. The Morgan fingerprint density at radius 1 is 1.28 bits per heavy atom. The van der Waals surface area contributed by atoms with E-state index in [0.29, 0.717) is 17.9 Å². The molecule has 2 aromatic heterocycles. The average molecular weight is 248 g/mol. The Bertz CT molecular complexity index is 532. The maximum Gasteiger partial charge on any atom is 0.226 e. The van der Waals surface area contributed by atoms with Gasteiger partial charge in [0.2, 0.25) is 5.95 Å². The van der Waals surface area contributed by atoms with Gasteiger partial charge in [-0.3, -0.25) is 5.10 Å². The molecule has 6 nitrogen and oxygen atoms in total. The zero-order valence-corrected chi connectivity index (χ0v) is 11.5. The molecule has 1 atom stereocenters. The van der Waals surface area contributed by atoms with E-state index < -0.39 is 0 Å². The number of aromatic amines is 1. The smallest absolute Gasteiger partial charge is 0.226 e. The molecular formula is C12H20N6. The zero-order valence-electron chi connectivity index (χ0n) is 11.5. The molecule has 2 N–H and O–H groups in total. The van der Waals surface area contributed by atoms with Crippen molar-refractivity contribution < 1.29 is 0 Å². The molecule has 0 fully saturated rings.